The minimum Gasteiger partial charge on any atom is -0.489 e. The second-order valence-corrected chi connectivity index (χ2v) is 10.3. The van der Waals surface area contributed by atoms with Gasteiger partial charge < -0.3 is 14.4 Å². The summed E-state index contributed by atoms with van der Waals surface area (Å²) in [7, 11) is -2.89. The first kappa shape index (κ1) is 20.5. The lowest BCUT2D eigenvalue weighted by Crippen LogP contribution is -2.52. The molecule has 3 aliphatic heterocycles. The molecule has 29 heavy (non-hydrogen) atoms. The fourth-order valence-electron chi connectivity index (χ4n) is 3.99. The van der Waals surface area contributed by atoms with Gasteiger partial charge in [0.05, 0.1) is 29.7 Å². The van der Waals surface area contributed by atoms with Gasteiger partial charge in [0.25, 0.3) is 0 Å². The number of hydrogen-bond acceptors (Lipinski definition) is 6. The number of piperazine rings is 1. The molecule has 1 aromatic rings. The smallest absolute Gasteiger partial charge is 0.246 e. The van der Waals surface area contributed by atoms with Crippen LogP contribution in [0.4, 0.5) is 0 Å². The molecule has 7 nitrogen and oxygen atoms in total. The Balaban J connectivity index is 1.35. The van der Waals surface area contributed by atoms with Crippen molar-refractivity contribution < 1.29 is 22.7 Å². The molecule has 1 amide bonds. The van der Waals surface area contributed by atoms with Crippen LogP contribution in [0.3, 0.4) is 0 Å². The zero-order chi connectivity index (χ0) is 20.4. The molecule has 0 aromatic heterocycles. The summed E-state index contributed by atoms with van der Waals surface area (Å²) in [6.07, 6.45) is 4.78. The summed E-state index contributed by atoms with van der Waals surface area (Å²) >= 11 is 6.30. The van der Waals surface area contributed by atoms with Gasteiger partial charge in [0.15, 0.2) is 21.3 Å². The van der Waals surface area contributed by atoms with Gasteiger partial charge in [0.2, 0.25) is 5.91 Å². The number of sulfone groups is 1. The number of rotatable bonds is 3. The minimum atomic E-state index is -2.89. The van der Waals surface area contributed by atoms with E-state index in [1.807, 2.05) is 6.07 Å². The predicted molar refractivity (Wildman–Crippen MR) is 111 cm³/mol. The Morgan fingerprint density at radius 3 is 2.62 bits per heavy atom. The zero-order valence-corrected chi connectivity index (χ0v) is 17.8. The maximum Gasteiger partial charge on any atom is 0.246 e. The summed E-state index contributed by atoms with van der Waals surface area (Å²) in [6.45, 7) is 3.75. The van der Waals surface area contributed by atoms with E-state index in [9.17, 15) is 13.2 Å². The molecule has 0 radical (unpaired) electrons. The molecule has 2 fully saturated rings. The van der Waals surface area contributed by atoms with Crippen molar-refractivity contribution in [1.29, 1.82) is 0 Å². The molecular formula is C20H25ClN2O5S. The second kappa shape index (κ2) is 8.53. The van der Waals surface area contributed by atoms with Crippen molar-refractivity contribution in [2.75, 3.05) is 50.9 Å². The average molecular weight is 441 g/mol. The number of benzene rings is 1. The van der Waals surface area contributed by atoms with E-state index in [1.54, 1.807) is 23.1 Å². The quantitative estimate of drug-likeness (QED) is 0.667. The third-order valence-electron chi connectivity index (χ3n) is 5.59. The lowest BCUT2D eigenvalue weighted by molar-refractivity contribution is -0.127. The van der Waals surface area contributed by atoms with Gasteiger partial charge in [-0.05, 0) is 30.2 Å². The highest BCUT2D eigenvalue weighted by atomic mass is 35.5. The van der Waals surface area contributed by atoms with Crippen LogP contribution in [0.2, 0.25) is 5.02 Å². The van der Waals surface area contributed by atoms with Crippen molar-refractivity contribution in [3.05, 3.63) is 28.8 Å². The second-order valence-electron chi connectivity index (χ2n) is 7.63. The van der Waals surface area contributed by atoms with E-state index in [0.717, 1.165) is 12.0 Å². The molecule has 3 aliphatic rings. The van der Waals surface area contributed by atoms with Gasteiger partial charge in [0, 0.05) is 44.7 Å². The Morgan fingerprint density at radius 2 is 1.90 bits per heavy atom. The number of halogens is 1. The number of amides is 1. The Bertz CT molecular complexity index is 910. The van der Waals surface area contributed by atoms with Crippen LogP contribution in [0, 0.1) is 0 Å². The fraction of sp³-hybridized carbons (Fsp3) is 0.550. The topological polar surface area (TPSA) is 76.2 Å². The first-order chi connectivity index (χ1) is 13.9. The highest BCUT2D eigenvalue weighted by Gasteiger charge is 2.34. The van der Waals surface area contributed by atoms with Gasteiger partial charge in [-0.3, -0.25) is 9.69 Å². The van der Waals surface area contributed by atoms with Crippen LogP contribution in [0.1, 0.15) is 18.4 Å². The van der Waals surface area contributed by atoms with Gasteiger partial charge >= 0.3 is 0 Å². The van der Waals surface area contributed by atoms with E-state index in [0.29, 0.717) is 62.3 Å². The van der Waals surface area contributed by atoms with Crippen molar-refractivity contribution in [2.45, 2.75) is 18.9 Å². The molecule has 1 aromatic carbocycles. The molecule has 2 saturated heterocycles. The van der Waals surface area contributed by atoms with Crippen LogP contribution in [0.15, 0.2) is 18.2 Å². The first-order valence-corrected chi connectivity index (χ1v) is 12.1. The van der Waals surface area contributed by atoms with E-state index in [1.165, 1.54) is 0 Å². The highest BCUT2D eigenvalue weighted by Crippen LogP contribution is 2.38. The van der Waals surface area contributed by atoms with E-state index in [4.69, 9.17) is 21.1 Å². The van der Waals surface area contributed by atoms with Crippen LogP contribution in [0.5, 0.6) is 11.5 Å². The Hall–Kier alpha value is -1.77. The standard InChI is InChI=1S/C20H25ClN2O5S/c21-17-12-15(13-18-20(17)28-10-1-9-27-18)2-3-19(24)23-7-5-22(6-8-23)16-4-11-29(25,26)14-16/h2-3,12-13,16H,1,4-11,14H2/b3-2+. The molecule has 1 unspecified atom stereocenters. The average Bonchev–Trinajstić information content (AvgIpc) is 2.91. The van der Waals surface area contributed by atoms with Gasteiger partial charge in [-0.25, -0.2) is 8.42 Å². The Morgan fingerprint density at radius 1 is 1.14 bits per heavy atom. The number of hydrogen-bond donors (Lipinski definition) is 0. The molecule has 4 rings (SSSR count). The number of carbonyl (C=O) groups is 1. The summed E-state index contributed by atoms with van der Waals surface area (Å²) in [6, 6.07) is 3.68. The first-order valence-electron chi connectivity index (χ1n) is 9.92. The maximum absolute atomic E-state index is 12.6. The predicted octanol–water partition coefficient (Wildman–Crippen LogP) is 1.85. The summed E-state index contributed by atoms with van der Waals surface area (Å²) in [5.41, 5.74) is 0.780. The lowest BCUT2D eigenvalue weighted by Gasteiger charge is -2.37. The molecule has 0 aliphatic carbocycles. The van der Waals surface area contributed by atoms with Crippen LogP contribution in [-0.2, 0) is 14.6 Å². The number of nitrogens with zero attached hydrogens (tertiary/aromatic N) is 2. The third-order valence-corrected chi connectivity index (χ3v) is 7.62. The molecule has 158 valence electrons. The number of fused-ring (bicyclic) bond motifs is 1. The molecule has 0 saturated carbocycles. The van der Waals surface area contributed by atoms with E-state index in [2.05, 4.69) is 4.90 Å². The largest absolute Gasteiger partial charge is 0.489 e. The molecule has 0 bridgehead atoms. The molecular weight excluding hydrogens is 416 g/mol. The summed E-state index contributed by atoms with van der Waals surface area (Å²) < 4.78 is 34.7. The highest BCUT2D eigenvalue weighted by molar-refractivity contribution is 7.91. The van der Waals surface area contributed by atoms with E-state index in [-0.39, 0.29) is 23.5 Å². The van der Waals surface area contributed by atoms with Crippen molar-refractivity contribution >= 4 is 33.4 Å². The van der Waals surface area contributed by atoms with Crippen molar-refractivity contribution in [3.8, 4) is 11.5 Å². The summed E-state index contributed by atoms with van der Waals surface area (Å²) in [5, 5.41) is 0.469. The van der Waals surface area contributed by atoms with E-state index >= 15 is 0 Å². The lowest BCUT2D eigenvalue weighted by atomic mass is 10.1. The fourth-order valence-corrected chi connectivity index (χ4v) is 6.03. The van der Waals surface area contributed by atoms with Gasteiger partial charge in [0.1, 0.15) is 0 Å². The minimum absolute atomic E-state index is 0.0630. The summed E-state index contributed by atoms with van der Waals surface area (Å²) in [5.74, 6) is 1.61. The van der Waals surface area contributed by atoms with Crippen LogP contribution < -0.4 is 9.47 Å². The number of ether oxygens (including phenoxy) is 2. The van der Waals surface area contributed by atoms with Crippen molar-refractivity contribution in [3.63, 3.8) is 0 Å². The monoisotopic (exact) mass is 440 g/mol. The normalized spacial score (nSPS) is 24.6. The van der Waals surface area contributed by atoms with Crippen molar-refractivity contribution in [1.82, 2.24) is 9.80 Å². The Labute approximate surface area is 176 Å². The molecule has 1 atom stereocenters. The van der Waals surface area contributed by atoms with Crippen LogP contribution in [-0.4, -0.2) is 81.1 Å². The zero-order valence-electron chi connectivity index (χ0n) is 16.2. The van der Waals surface area contributed by atoms with Gasteiger partial charge in [-0.1, -0.05) is 11.6 Å². The van der Waals surface area contributed by atoms with Crippen molar-refractivity contribution in [2.24, 2.45) is 0 Å². The van der Waals surface area contributed by atoms with E-state index < -0.39 is 9.84 Å². The van der Waals surface area contributed by atoms with Gasteiger partial charge in [-0.2, -0.15) is 0 Å². The molecule has 9 heteroatoms. The Kier molecular flexibility index (Phi) is 6.03. The van der Waals surface area contributed by atoms with Gasteiger partial charge in [-0.15, -0.1) is 0 Å². The molecule has 0 spiro atoms. The molecule has 3 heterocycles. The molecule has 0 N–H and O–H groups in total. The van der Waals surface area contributed by atoms with Crippen LogP contribution in [0.25, 0.3) is 6.08 Å². The summed E-state index contributed by atoms with van der Waals surface area (Å²) in [4.78, 5) is 16.6. The van der Waals surface area contributed by atoms with Crippen LogP contribution >= 0.6 is 11.6 Å². The maximum atomic E-state index is 12.6. The number of carbonyl (C=O) groups excluding carboxylic acids is 1. The SMILES string of the molecule is O=C(/C=C/c1cc(Cl)c2c(c1)OCCCO2)N1CCN(C2CCS(=O)(=O)C2)CC1. The third kappa shape index (κ3) is 4.87.